The highest BCUT2D eigenvalue weighted by Gasteiger charge is 2.35. The fourth-order valence-electron chi connectivity index (χ4n) is 3.86. The highest BCUT2D eigenvalue weighted by Crippen LogP contribution is 2.50. The van der Waals surface area contributed by atoms with Crippen LogP contribution in [0.5, 0.6) is 0 Å². The summed E-state index contributed by atoms with van der Waals surface area (Å²) in [5, 5.41) is 0. The number of rotatable bonds is 13. The molecule has 1 aliphatic carbocycles. The van der Waals surface area contributed by atoms with Crippen LogP contribution in [-0.2, 0) is 37.5 Å². The van der Waals surface area contributed by atoms with Gasteiger partial charge in [-0.25, -0.2) is 4.79 Å². The third-order valence-corrected chi connectivity index (χ3v) is 7.68. The van der Waals surface area contributed by atoms with E-state index in [0.29, 0.717) is 0 Å². The van der Waals surface area contributed by atoms with E-state index in [1.165, 1.54) is 12.1 Å². The largest absolute Gasteiger partial charge is 0.393 e. The van der Waals surface area contributed by atoms with E-state index in [2.05, 4.69) is 0 Å². The van der Waals surface area contributed by atoms with Crippen LogP contribution in [0.3, 0.4) is 0 Å². The molecule has 34 heavy (non-hydrogen) atoms. The Morgan fingerprint density at radius 2 is 1.56 bits per heavy atom. The first-order chi connectivity index (χ1) is 16.3. The van der Waals surface area contributed by atoms with Crippen molar-refractivity contribution in [3.63, 3.8) is 0 Å². The summed E-state index contributed by atoms with van der Waals surface area (Å²) in [5.74, 6) is -4.14. The van der Waals surface area contributed by atoms with Gasteiger partial charge in [0.2, 0.25) is 0 Å². The highest BCUT2D eigenvalue weighted by molar-refractivity contribution is 7.53. The Morgan fingerprint density at radius 1 is 0.941 bits per heavy atom. The first kappa shape index (κ1) is 27.9. The molecule has 1 saturated carbocycles. The Kier molecular flexibility index (Phi) is 11.6. The summed E-state index contributed by atoms with van der Waals surface area (Å²) in [6, 6.07) is 8.00. The van der Waals surface area contributed by atoms with E-state index in [1.54, 1.807) is 32.0 Å². The van der Waals surface area contributed by atoms with Crippen LogP contribution in [0, 0.1) is 11.8 Å². The van der Waals surface area contributed by atoms with Crippen LogP contribution in [0.4, 0.5) is 0 Å². The van der Waals surface area contributed by atoms with E-state index in [9.17, 15) is 23.7 Å². The van der Waals surface area contributed by atoms with Crippen LogP contribution in [0.15, 0.2) is 30.3 Å². The second-order valence-electron chi connectivity index (χ2n) is 8.14. The quantitative estimate of drug-likeness (QED) is 0.217. The van der Waals surface area contributed by atoms with Crippen molar-refractivity contribution >= 4 is 31.5 Å². The predicted molar refractivity (Wildman–Crippen MR) is 123 cm³/mol. The minimum absolute atomic E-state index is 0.0906. The van der Waals surface area contributed by atoms with E-state index >= 15 is 0 Å². The van der Waals surface area contributed by atoms with Gasteiger partial charge in [-0.05, 0) is 51.2 Å². The number of esters is 4. The van der Waals surface area contributed by atoms with Gasteiger partial charge in [-0.3, -0.25) is 18.9 Å². The number of hydrogen-bond donors (Lipinski definition) is 0. The minimum Gasteiger partial charge on any atom is -0.393 e. The summed E-state index contributed by atoms with van der Waals surface area (Å²) in [6.45, 7) is 3.45. The lowest BCUT2D eigenvalue weighted by Gasteiger charge is -2.22. The first-order valence-corrected chi connectivity index (χ1v) is 13.4. The third-order valence-electron chi connectivity index (χ3n) is 5.49. The summed E-state index contributed by atoms with van der Waals surface area (Å²) in [7, 11) is -3.67. The van der Waals surface area contributed by atoms with E-state index in [4.69, 9.17) is 18.5 Å². The van der Waals surface area contributed by atoms with Crippen LogP contribution in [0.1, 0.15) is 69.2 Å². The first-order valence-electron chi connectivity index (χ1n) is 11.7. The smallest absolute Gasteiger partial charge is 0.345 e. The van der Waals surface area contributed by atoms with Gasteiger partial charge in [0.25, 0.3) is 0 Å². The number of hydrogen-bond acceptors (Lipinski definition) is 9. The average molecular weight is 496 g/mol. The van der Waals surface area contributed by atoms with Crippen molar-refractivity contribution in [2.75, 3.05) is 19.4 Å². The van der Waals surface area contributed by atoms with Crippen LogP contribution < -0.4 is 0 Å². The zero-order valence-corrected chi connectivity index (χ0v) is 20.6. The van der Waals surface area contributed by atoms with Gasteiger partial charge in [-0.15, -0.1) is 0 Å². The summed E-state index contributed by atoms with van der Waals surface area (Å²) < 4.78 is 33.4. The molecule has 1 aliphatic rings. The molecule has 0 spiro atoms. The van der Waals surface area contributed by atoms with Gasteiger partial charge in [-0.1, -0.05) is 31.0 Å². The lowest BCUT2D eigenvalue weighted by atomic mass is 10.0. The fraction of sp³-hybridized carbons (Fsp3) is 0.583. The van der Waals surface area contributed by atoms with Gasteiger partial charge in [0.1, 0.15) is 0 Å². The fourth-order valence-corrected chi connectivity index (χ4v) is 5.80. The van der Waals surface area contributed by atoms with Gasteiger partial charge >= 0.3 is 31.5 Å². The second kappa shape index (κ2) is 14.1. The van der Waals surface area contributed by atoms with Gasteiger partial charge in [0, 0.05) is 12.8 Å². The van der Waals surface area contributed by atoms with Crippen molar-refractivity contribution in [2.45, 2.75) is 58.8 Å². The maximum atomic E-state index is 13.0. The maximum Gasteiger partial charge on any atom is 0.345 e. The molecule has 0 saturated heterocycles. The predicted octanol–water partition coefficient (Wildman–Crippen LogP) is 4.68. The molecule has 188 valence electrons. The molecule has 0 heterocycles. The van der Waals surface area contributed by atoms with E-state index < -0.39 is 37.4 Å². The molecule has 0 aliphatic heterocycles. The van der Waals surface area contributed by atoms with E-state index in [0.717, 1.165) is 25.7 Å². The van der Waals surface area contributed by atoms with Gasteiger partial charge in [0.05, 0.1) is 30.9 Å². The van der Waals surface area contributed by atoms with Crippen LogP contribution in [0.25, 0.3) is 0 Å². The number of benzene rings is 1. The van der Waals surface area contributed by atoms with Crippen molar-refractivity contribution in [3.8, 4) is 0 Å². The van der Waals surface area contributed by atoms with Crippen molar-refractivity contribution in [1.29, 1.82) is 0 Å². The number of carbonyl (C=O) groups is 4. The summed E-state index contributed by atoms with van der Waals surface area (Å²) in [6.07, 6.45) is 3.23. The molecule has 0 bridgehead atoms. The zero-order chi connectivity index (χ0) is 25.0. The Balaban J connectivity index is 2.02. The molecule has 1 aromatic carbocycles. The van der Waals surface area contributed by atoms with Gasteiger partial charge in [0.15, 0.2) is 0 Å². The third kappa shape index (κ3) is 9.49. The zero-order valence-electron chi connectivity index (χ0n) is 19.7. The Morgan fingerprint density at radius 3 is 2.15 bits per heavy atom. The molecule has 0 N–H and O–H groups in total. The normalized spacial score (nSPS) is 15.0. The number of ether oxygens (including phenoxy) is 2. The lowest BCUT2D eigenvalue weighted by molar-refractivity contribution is -0.163. The van der Waals surface area contributed by atoms with Gasteiger partial charge < -0.3 is 18.5 Å². The Labute approximate surface area is 200 Å². The van der Waals surface area contributed by atoms with Crippen LogP contribution in [-0.4, -0.2) is 43.3 Å². The summed E-state index contributed by atoms with van der Waals surface area (Å²) in [5.41, 5.74) is 0.210. The monoisotopic (exact) mass is 496 g/mol. The van der Waals surface area contributed by atoms with Crippen molar-refractivity contribution in [2.24, 2.45) is 11.8 Å². The molecule has 0 aromatic heterocycles. The molecule has 0 radical (unpaired) electrons. The molecular formula is C24H33O9P. The lowest BCUT2D eigenvalue weighted by Crippen LogP contribution is -2.27. The van der Waals surface area contributed by atoms with Crippen LogP contribution >= 0.6 is 7.60 Å². The average Bonchev–Trinajstić information content (AvgIpc) is 3.30. The SMILES string of the molecule is CCOP(=O)(CC(CCC(=O)OC(=O)c1ccccc1)C(=O)OC(=O)CC1CCCC1)OCC. The minimum atomic E-state index is -3.67. The molecule has 10 heteroatoms. The molecule has 0 amide bonds. The molecule has 9 nitrogen and oxygen atoms in total. The Hall–Kier alpha value is -2.35. The second-order valence-corrected chi connectivity index (χ2v) is 10.2. The molecule has 1 fully saturated rings. The maximum absolute atomic E-state index is 13.0. The molecular weight excluding hydrogens is 463 g/mol. The van der Waals surface area contributed by atoms with E-state index in [-0.39, 0.29) is 50.1 Å². The standard InChI is InChI=1S/C24H33O9P/c1-3-30-34(29,31-4-2)17-20(24(28)33-22(26)16-18-10-8-9-11-18)14-15-21(25)32-23(27)19-12-6-5-7-13-19/h5-7,12-13,18,20H,3-4,8-11,14-17H2,1-2H3. The van der Waals surface area contributed by atoms with E-state index in [1.807, 2.05) is 0 Å². The summed E-state index contributed by atoms with van der Waals surface area (Å²) >= 11 is 0. The molecule has 1 aromatic rings. The molecule has 2 rings (SSSR count). The molecule has 1 unspecified atom stereocenters. The summed E-state index contributed by atoms with van der Waals surface area (Å²) in [4.78, 5) is 49.3. The van der Waals surface area contributed by atoms with Crippen LogP contribution in [0.2, 0.25) is 0 Å². The van der Waals surface area contributed by atoms with Crippen molar-refractivity contribution < 1.29 is 42.3 Å². The van der Waals surface area contributed by atoms with Crippen molar-refractivity contribution in [1.82, 2.24) is 0 Å². The highest BCUT2D eigenvalue weighted by atomic mass is 31.2. The van der Waals surface area contributed by atoms with Crippen molar-refractivity contribution in [3.05, 3.63) is 35.9 Å². The molecule has 1 atom stereocenters. The topological polar surface area (TPSA) is 122 Å². The number of carbonyl (C=O) groups excluding carboxylic acids is 4. The van der Waals surface area contributed by atoms with Gasteiger partial charge in [-0.2, -0.15) is 0 Å². The Bertz CT molecular complexity index is 868.